The van der Waals surface area contributed by atoms with Crippen LogP contribution >= 0.6 is 0 Å². The van der Waals surface area contributed by atoms with Crippen LogP contribution in [0.4, 0.5) is 5.69 Å². The van der Waals surface area contributed by atoms with Gasteiger partial charge in [0.2, 0.25) is 8.32 Å². The molecule has 1 aliphatic rings. The Hall–Kier alpha value is -0.540. The zero-order valence-corrected chi connectivity index (χ0v) is 25.9. The van der Waals surface area contributed by atoms with Crippen molar-refractivity contribution in [2.24, 2.45) is 0 Å². The average molecular weight is 569 g/mol. The molecule has 0 saturated heterocycles. The van der Waals surface area contributed by atoms with Crippen LogP contribution in [0.2, 0.25) is 19.6 Å². The maximum atomic E-state index is 6.82. The van der Waals surface area contributed by atoms with Crippen LogP contribution in [-0.4, -0.2) is 13.9 Å². The molecule has 0 spiro atoms. The van der Waals surface area contributed by atoms with E-state index >= 15 is 0 Å². The van der Waals surface area contributed by atoms with Crippen molar-refractivity contribution in [3.63, 3.8) is 0 Å². The zero-order valence-electron chi connectivity index (χ0n) is 20.9. The van der Waals surface area contributed by atoms with Gasteiger partial charge >= 0.3 is 26.2 Å². The molecule has 6 heteroatoms. The maximum absolute atomic E-state index is 6.82. The van der Waals surface area contributed by atoms with E-state index in [4.69, 9.17) is 4.43 Å². The smallest absolute Gasteiger partial charge is 1.00 e. The Labute approximate surface area is 227 Å². The van der Waals surface area contributed by atoms with Gasteiger partial charge in [0, 0.05) is 10.8 Å². The zero-order chi connectivity index (χ0) is 21.6. The number of anilines is 1. The van der Waals surface area contributed by atoms with E-state index in [2.05, 4.69) is 96.8 Å². The molecule has 1 N–H and O–H groups in total. The standard InChI is InChI=1S/C26H36NOSi.2ClH.Zr/c1-10-13-17(2)22-18(3)24(27-26(4,5)6)21-16-19-14-11-12-15-20(19)23(21)25(22)28-29(7,8)9;;;/h11-12,14-15,27H,10,13H2,1-9H3;2*1H;/q-1;;;+3/p-2. The van der Waals surface area contributed by atoms with Crippen LogP contribution in [0.15, 0.2) is 24.3 Å². The second-order valence-corrected chi connectivity index (χ2v) is 14.7. The van der Waals surface area contributed by atoms with Gasteiger partial charge in [0.15, 0.2) is 0 Å². The fourth-order valence-corrected chi connectivity index (χ4v) is 4.94. The number of hydrogen-bond donors (Lipinski definition) is 1. The quantitative estimate of drug-likeness (QED) is 0.348. The molecule has 1 aliphatic carbocycles. The van der Waals surface area contributed by atoms with Gasteiger partial charge < -0.3 is 34.6 Å². The van der Waals surface area contributed by atoms with E-state index in [1.54, 1.807) is 0 Å². The predicted octanol–water partition coefficient (Wildman–Crippen LogP) is 0.0815. The number of rotatable bonds is 5. The Morgan fingerprint density at radius 1 is 1.09 bits per heavy atom. The van der Waals surface area contributed by atoms with E-state index in [1.165, 1.54) is 33.2 Å². The predicted molar refractivity (Wildman–Crippen MR) is 130 cm³/mol. The third-order valence-corrected chi connectivity index (χ3v) is 5.94. The van der Waals surface area contributed by atoms with Gasteiger partial charge in [-0.1, -0.05) is 53.5 Å². The van der Waals surface area contributed by atoms with E-state index in [0.29, 0.717) is 0 Å². The summed E-state index contributed by atoms with van der Waals surface area (Å²) in [5, 5.41) is 6.23. The fraction of sp³-hybridized carbons (Fsp3) is 0.462. The van der Waals surface area contributed by atoms with Crippen molar-refractivity contribution in [3.05, 3.63) is 45.8 Å². The molecule has 32 heavy (non-hydrogen) atoms. The Kier molecular flexibility index (Phi) is 11.5. The summed E-state index contributed by atoms with van der Waals surface area (Å²) in [6.07, 6.45) is 5.90. The molecule has 0 amide bonds. The minimum absolute atomic E-state index is 0. The molecule has 0 saturated carbocycles. The van der Waals surface area contributed by atoms with Crippen LogP contribution < -0.4 is 45.0 Å². The molecule has 0 fully saturated rings. The summed E-state index contributed by atoms with van der Waals surface area (Å²) in [6.45, 7) is 20.2. The van der Waals surface area contributed by atoms with Crippen LogP contribution in [0.5, 0.6) is 5.75 Å². The molecule has 2 aromatic rings. The molecule has 0 atom stereocenters. The van der Waals surface area contributed by atoms with Gasteiger partial charge in [0.1, 0.15) is 0 Å². The van der Waals surface area contributed by atoms with Crippen molar-refractivity contribution in [2.75, 3.05) is 5.32 Å². The van der Waals surface area contributed by atoms with Gasteiger partial charge in [-0.3, -0.25) is 0 Å². The molecular weight excluding hydrogens is 533 g/mol. The summed E-state index contributed by atoms with van der Waals surface area (Å²) < 4.78 is 6.82. The Balaban J connectivity index is 0.00000320. The minimum atomic E-state index is -1.81. The van der Waals surface area contributed by atoms with Crippen LogP contribution in [0.1, 0.15) is 58.6 Å². The van der Waals surface area contributed by atoms with Crippen LogP contribution in [-0.2, 0) is 26.2 Å². The summed E-state index contributed by atoms with van der Waals surface area (Å²) in [5.41, 5.74) is 7.44. The third-order valence-electron chi connectivity index (χ3n) is 5.12. The number of fused-ring (bicyclic) bond motifs is 3. The third kappa shape index (κ3) is 6.75. The molecule has 1 radical (unpaired) electrons. The summed E-state index contributed by atoms with van der Waals surface area (Å²) in [6, 6.07) is 8.58. The second-order valence-electron chi connectivity index (χ2n) is 10.2. The average Bonchev–Trinajstić information content (AvgIpc) is 2.96. The van der Waals surface area contributed by atoms with Crippen molar-refractivity contribution >= 4 is 25.7 Å². The monoisotopic (exact) mass is 566 g/mol. The molecule has 0 heterocycles. The van der Waals surface area contributed by atoms with Crippen LogP contribution in [0, 0.1) is 6.92 Å². The van der Waals surface area contributed by atoms with Gasteiger partial charge in [-0.15, -0.1) is 23.3 Å². The van der Waals surface area contributed by atoms with E-state index in [0.717, 1.165) is 29.4 Å². The van der Waals surface area contributed by atoms with E-state index < -0.39 is 8.32 Å². The molecule has 0 unspecified atom stereocenters. The Morgan fingerprint density at radius 3 is 2.22 bits per heavy atom. The molecule has 173 valence electrons. The minimum Gasteiger partial charge on any atom is -1.00 e. The fourth-order valence-electron chi connectivity index (χ4n) is 4.13. The maximum Gasteiger partial charge on any atom is 3.00 e. The molecule has 2 aromatic carbocycles. The first-order valence-electron chi connectivity index (χ1n) is 10.8. The van der Waals surface area contributed by atoms with Gasteiger partial charge in [-0.25, -0.2) is 0 Å². The normalized spacial score (nSPS) is 12.8. The van der Waals surface area contributed by atoms with Crippen molar-refractivity contribution < 1.29 is 55.4 Å². The van der Waals surface area contributed by atoms with Crippen molar-refractivity contribution in [1.29, 1.82) is 0 Å². The molecule has 0 bridgehead atoms. The van der Waals surface area contributed by atoms with E-state index in [1.807, 2.05) is 0 Å². The van der Waals surface area contributed by atoms with E-state index in [9.17, 15) is 0 Å². The van der Waals surface area contributed by atoms with Gasteiger partial charge in [-0.05, 0) is 66.4 Å². The Bertz CT molecular complexity index is 1070. The molecule has 2 nitrogen and oxygen atoms in total. The first-order chi connectivity index (χ1) is 13.4. The van der Waals surface area contributed by atoms with Crippen molar-refractivity contribution in [1.82, 2.24) is 0 Å². The SMILES string of the molecule is CCCC(C)=c1c(C)c(NC(C)(C)C)c2c(c1O[Si](C)(C)C)-c1ccccc1[C-]=2.[Cl-].[Cl-].[Zr+3]. The molecule has 0 aromatic heterocycles. The first kappa shape index (κ1) is 31.5. The van der Waals surface area contributed by atoms with Gasteiger partial charge in [0.05, 0.1) is 5.75 Å². The molecular formula is C26H36Cl2NOSiZr. The summed E-state index contributed by atoms with van der Waals surface area (Å²) in [4.78, 5) is 0. The van der Waals surface area contributed by atoms with Crippen molar-refractivity contribution in [2.45, 2.75) is 79.6 Å². The van der Waals surface area contributed by atoms with E-state index in [-0.39, 0.29) is 56.6 Å². The second kappa shape index (κ2) is 11.7. The number of nitrogens with one attached hydrogen (secondary N) is 1. The van der Waals surface area contributed by atoms with Crippen LogP contribution in [0.25, 0.3) is 22.8 Å². The number of hydrogen-bond acceptors (Lipinski definition) is 2. The summed E-state index contributed by atoms with van der Waals surface area (Å²) >= 11 is 0. The van der Waals surface area contributed by atoms with Crippen LogP contribution in [0.3, 0.4) is 0 Å². The van der Waals surface area contributed by atoms with Gasteiger partial charge in [0.25, 0.3) is 0 Å². The molecule has 3 rings (SSSR count). The van der Waals surface area contributed by atoms with Crippen molar-refractivity contribution in [3.8, 4) is 16.9 Å². The summed E-state index contributed by atoms with van der Waals surface area (Å²) in [7, 11) is -1.81. The Morgan fingerprint density at radius 2 is 1.69 bits per heavy atom. The topological polar surface area (TPSA) is 21.3 Å². The number of benzene rings is 2. The number of halogens is 2. The van der Waals surface area contributed by atoms with Gasteiger partial charge in [-0.2, -0.15) is 0 Å². The summed E-state index contributed by atoms with van der Waals surface area (Å²) in [5.74, 6) is 1.07. The largest absolute Gasteiger partial charge is 3.00 e. The first-order valence-corrected chi connectivity index (χ1v) is 14.2. The molecule has 0 aliphatic heterocycles.